The highest BCUT2D eigenvalue weighted by atomic mass is 16.2. The molecule has 5 nitrogen and oxygen atoms in total. The van der Waals surface area contributed by atoms with Crippen LogP contribution in [-0.2, 0) is 4.79 Å². The first-order valence-electron chi connectivity index (χ1n) is 8.20. The molecule has 1 heterocycles. The SMILES string of the molecule is Cc1ccccc1NC(=O)N1CCC(NC(=O)C(C)(C)C)CC1. The summed E-state index contributed by atoms with van der Waals surface area (Å²) in [6.07, 6.45) is 1.59. The van der Waals surface area contributed by atoms with E-state index in [1.165, 1.54) is 0 Å². The number of rotatable bonds is 2. The van der Waals surface area contributed by atoms with Gasteiger partial charge in [0, 0.05) is 30.2 Å². The van der Waals surface area contributed by atoms with Crippen LogP contribution in [0.3, 0.4) is 0 Å². The molecule has 0 aliphatic carbocycles. The van der Waals surface area contributed by atoms with E-state index in [1.54, 1.807) is 0 Å². The van der Waals surface area contributed by atoms with Gasteiger partial charge in [0.15, 0.2) is 0 Å². The van der Waals surface area contributed by atoms with Crippen LogP contribution >= 0.6 is 0 Å². The Labute approximate surface area is 138 Å². The van der Waals surface area contributed by atoms with Crippen molar-refractivity contribution in [2.45, 2.75) is 46.6 Å². The minimum absolute atomic E-state index is 0.0695. The van der Waals surface area contributed by atoms with Crippen molar-refractivity contribution >= 4 is 17.6 Å². The summed E-state index contributed by atoms with van der Waals surface area (Å²) >= 11 is 0. The molecule has 1 aliphatic rings. The lowest BCUT2D eigenvalue weighted by Gasteiger charge is -2.33. The van der Waals surface area contributed by atoms with Crippen molar-refractivity contribution in [3.8, 4) is 0 Å². The van der Waals surface area contributed by atoms with Gasteiger partial charge in [-0.1, -0.05) is 39.0 Å². The van der Waals surface area contributed by atoms with E-state index in [1.807, 2.05) is 56.9 Å². The molecule has 0 aromatic heterocycles. The molecule has 1 saturated heterocycles. The van der Waals surface area contributed by atoms with Crippen molar-refractivity contribution in [3.63, 3.8) is 0 Å². The third kappa shape index (κ3) is 4.71. The van der Waals surface area contributed by atoms with Crippen LogP contribution in [0.4, 0.5) is 10.5 Å². The Morgan fingerprint density at radius 3 is 2.30 bits per heavy atom. The molecule has 0 spiro atoms. The number of piperidine rings is 1. The maximum atomic E-state index is 12.3. The number of carbonyl (C=O) groups excluding carboxylic acids is 2. The number of para-hydroxylation sites is 1. The highest BCUT2D eigenvalue weighted by Gasteiger charge is 2.28. The number of carbonyl (C=O) groups is 2. The summed E-state index contributed by atoms with van der Waals surface area (Å²) in [6.45, 7) is 9.02. The molecule has 0 unspecified atom stereocenters. The van der Waals surface area contributed by atoms with Crippen LogP contribution in [0.15, 0.2) is 24.3 Å². The fraction of sp³-hybridized carbons (Fsp3) is 0.556. The number of urea groups is 1. The van der Waals surface area contributed by atoms with Gasteiger partial charge < -0.3 is 15.5 Å². The molecule has 1 aliphatic heterocycles. The fourth-order valence-electron chi connectivity index (χ4n) is 2.54. The Kier molecular flexibility index (Phi) is 5.29. The Morgan fingerprint density at radius 1 is 1.13 bits per heavy atom. The summed E-state index contributed by atoms with van der Waals surface area (Å²) in [5.74, 6) is 0.0697. The molecule has 23 heavy (non-hydrogen) atoms. The normalized spacial score (nSPS) is 16.1. The van der Waals surface area contributed by atoms with Gasteiger partial charge in [-0.3, -0.25) is 4.79 Å². The maximum absolute atomic E-state index is 12.3. The van der Waals surface area contributed by atoms with Gasteiger partial charge in [0.05, 0.1) is 0 Å². The van der Waals surface area contributed by atoms with E-state index in [4.69, 9.17) is 0 Å². The van der Waals surface area contributed by atoms with E-state index in [0.29, 0.717) is 13.1 Å². The van der Waals surface area contributed by atoms with Gasteiger partial charge in [-0.25, -0.2) is 4.79 Å². The van der Waals surface area contributed by atoms with Gasteiger partial charge >= 0.3 is 6.03 Å². The topological polar surface area (TPSA) is 61.4 Å². The van der Waals surface area contributed by atoms with Gasteiger partial charge in [-0.05, 0) is 31.4 Å². The first kappa shape index (κ1) is 17.3. The van der Waals surface area contributed by atoms with Crippen molar-refractivity contribution in [2.24, 2.45) is 5.41 Å². The summed E-state index contributed by atoms with van der Waals surface area (Å²) in [5, 5.41) is 6.04. The van der Waals surface area contributed by atoms with Crippen LogP contribution < -0.4 is 10.6 Å². The molecule has 2 N–H and O–H groups in total. The molecule has 0 bridgehead atoms. The van der Waals surface area contributed by atoms with E-state index >= 15 is 0 Å². The molecule has 5 heteroatoms. The summed E-state index contributed by atoms with van der Waals surface area (Å²) in [7, 11) is 0. The van der Waals surface area contributed by atoms with Crippen molar-refractivity contribution in [1.82, 2.24) is 10.2 Å². The van der Waals surface area contributed by atoms with E-state index in [-0.39, 0.29) is 23.4 Å². The van der Waals surface area contributed by atoms with Crippen molar-refractivity contribution in [1.29, 1.82) is 0 Å². The zero-order valence-corrected chi connectivity index (χ0v) is 14.5. The predicted molar refractivity (Wildman–Crippen MR) is 92.4 cm³/mol. The van der Waals surface area contributed by atoms with Crippen LogP contribution in [0.1, 0.15) is 39.2 Å². The van der Waals surface area contributed by atoms with Gasteiger partial charge in [-0.15, -0.1) is 0 Å². The summed E-state index contributed by atoms with van der Waals surface area (Å²) in [5.41, 5.74) is 1.52. The molecule has 126 valence electrons. The largest absolute Gasteiger partial charge is 0.353 e. The standard InChI is InChI=1S/C18H27N3O2/c1-13-7-5-6-8-15(13)20-17(23)21-11-9-14(10-12-21)19-16(22)18(2,3)4/h5-8,14H,9-12H2,1-4H3,(H,19,22)(H,20,23). The number of nitrogens with zero attached hydrogens (tertiary/aromatic N) is 1. The Balaban J connectivity index is 1.83. The molecule has 1 aromatic rings. The second kappa shape index (κ2) is 7.02. The lowest BCUT2D eigenvalue weighted by Crippen LogP contribution is -2.49. The molecule has 2 rings (SSSR count). The minimum Gasteiger partial charge on any atom is -0.353 e. The minimum atomic E-state index is -0.376. The van der Waals surface area contributed by atoms with Crippen LogP contribution in [-0.4, -0.2) is 36.0 Å². The number of nitrogens with one attached hydrogen (secondary N) is 2. The lowest BCUT2D eigenvalue weighted by atomic mass is 9.94. The molecule has 0 saturated carbocycles. The van der Waals surface area contributed by atoms with E-state index in [9.17, 15) is 9.59 Å². The van der Waals surface area contributed by atoms with Crippen LogP contribution in [0.25, 0.3) is 0 Å². The number of hydrogen-bond donors (Lipinski definition) is 2. The molecule has 0 radical (unpaired) electrons. The quantitative estimate of drug-likeness (QED) is 0.880. The maximum Gasteiger partial charge on any atom is 0.321 e. The average Bonchev–Trinajstić information content (AvgIpc) is 2.49. The smallest absolute Gasteiger partial charge is 0.321 e. The van der Waals surface area contributed by atoms with E-state index in [2.05, 4.69) is 10.6 Å². The molecule has 3 amide bonds. The van der Waals surface area contributed by atoms with Gasteiger partial charge in [0.25, 0.3) is 0 Å². The van der Waals surface area contributed by atoms with Crippen molar-refractivity contribution < 1.29 is 9.59 Å². The first-order chi connectivity index (χ1) is 10.8. The number of anilines is 1. The monoisotopic (exact) mass is 317 g/mol. The summed E-state index contributed by atoms with van der Waals surface area (Å²) in [4.78, 5) is 26.2. The van der Waals surface area contributed by atoms with Gasteiger partial charge in [-0.2, -0.15) is 0 Å². The zero-order valence-electron chi connectivity index (χ0n) is 14.5. The summed E-state index contributed by atoms with van der Waals surface area (Å²) in [6, 6.07) is 7.84. The fourth-order valence-corrected chi connectivity index (χ4v) is 2.54. The molecular weight excluding hydrogens is 290 g/mol. The van der Waals surface area contributed by atoms with Gasteiger partial charge in [0.1, 0.15) is 0 Å². The van der Waals surface area contributed by atoms with E-state index in [0.717, 1.165) is 24.1 Å². The molecule has 0 atom stereocenters. The zero-order chi connectivity index (χ0) is 17.0. The summed E-state index contributed by atoms with van der Waals surface area (Å²) < 4.78 is 0. The Morgan fingerprint density at radius 2 is 1.74 bits per heavy atom. The number of amides is 3. The predicted octanol–water partition coefficient (Wildman–Crippen LogP) is 3.15. The molecule has 1 fully saturated rings. The number of benzene rings is 1. The third-order valence-electron chi connectivity index (χ3n) is 4.19. The highest BCUT2D eigenvalue weighted by Crippen LogP contribution is 2.18. The van der Waals surface area contributed by atoms with Crippen LogP contribution in [0, 0.1) is 12.3 Å². The lowest BCUT2D eigenvalue weighted by molar-refractivity contribution is -0.129. The van der Waals surface area contributed by atoms with Gasteiger partial charge in [0.2, 0.25) is 5.91 Å². The molecule has 1 aromatic carbocycles. The van der Waals surface area contributed by atoms with Crippen LogP contribution in [0.5, 0.6) is 0 Å². The highest BCUT2D eigenvalue weighted by molar-refractivity contribution is 5.90. The third-order valence-corrected chi connectivity index (χ3v) is 4.19. The number of aryl methyl sites for hydroxylation is 1. The average molecular weight is 317 g/mol. The van der Waals surface area contributed by atoms with E-state index < -0.39 is 0 Å². The number of likely N-dealkylation sites (tertiary alicyclic amines) is 1. The van der Waals surface area contributed by atoms with Crippen molar-refractivity contribution in [2.75, 3.05) is 18.4 Å². The second-order valence-corrected chi connectivity index (χ2v) is 7.23. The molecular formula is C18H27N3O2. The van der Waals surface area contributed by atoms with Crippen molar-refractivity contribution in [3.05, 3.63) is 29.8 Å². The Bertz CT molecular complexity index is 570. The number of hydrogen-bond acceptors (Lipinski definition) is 2. The Hall–Kier alpha value is -2.04. The van der Waals surface area contributed by atoms with Crippen LogP contribution in [0.2, 0.25) is 0 Å². The second-order valence-electron chi connectivity index (χ2n) is 7.23. The first-order valence-corrected chi connectivity index (χ1v) is 8.20.